The number of anilines is 2. The molecule has 0 bridgehead atoms. The van der Waals surface area contributed by atoms with Crippen molar-refractivity contribution in [1.29, 1.82) is 0 Å². The topological polar surface area (TPSA) is 66.9 Å². The summed E-state index contributed by atoms with van der Waals surface area (Å²) in [6, 6.07) is 3.14. The maximum atomic E-state index is 13.5. The van der Waals surface area contributed by atoms with Crippen LogP contribution in [-0.4, -0.2) is 22.4 Å². The lowest BCUT2D eigenvalue weighted by Gasteiger charge is -2.08. The number of nitrogens with zero attached hydrogens (tertiary/aromatic N) is 2. The van der Waals surface area contributed by atoms with Crippen molar-refractivity contribution in [2.75, 3.05) is 11.9 Å². The molecular formula is C16H18F2N4O. The fourth-order valence-electron chi connectivity index (χ4n) is 1.80. The van der Waals surface area contributed by atoms with Crippen molar-refractivity contribution in [1.82, 2.24) is 15.3 Å². The second-order valence-electron chi connectivity index (χ2n) is 5.48. The molecule has 0 atom stereocenters. The summed E-state index contributed by atoms with van der Waals surface area (Å²) in [6.07, 6.45) is 3.58. The van der Waals surface area contributed by atoms with Crippen LogP contribution in [0.2, 0.25) is 0 Å². The van der Waals surface area contributed by atoms with Gasteiger partial charge >= 0.3 is 0 Å². The van der Waals surface area contributed by atoms with Crippen molar-refractivity contribution in [3.05, 3.63) is 47.8 Å². The first-order chi connectivity index (χ1) is 11.0. The lowest BCUT2D eigenvalue weighted by molar-refractivity contribution is 0.0951. The second-order valence-corrected chi connectivity index (χ2v) is 5.48. The van der Waals surface area contributed by atoms with Gasteiger partial charge in [0.05, 0.1) is 11.3 Å². The number of carbonyl (C=O) groups excluding carboxylic acids is 1. The number of rotatable bonds is 6. The van der Waals surface area contributed by atoms with Gasteiger partial charge in [-0.25, -0.2) is 18.7 Å². The summed E-state index contributed by atoms with van der Waals surface area (Å²) in [7, 11) is 0. The number of nitrogens with one attached hydrogen (secondary N) is 2. The van der Waals surface area contributed by atoms with Crippen LogP contribution in [0.3, 0.4) is 0 Å². The van der Waals surface area contributed by atoms with E-state index in [2.05, 4.69) is 34.4 Å². The molecule has 0 saturated heterocycles. The van der Waals surface area contributed by atoms with Crippen molar-refractivity contribution < 1.29 is 13.6 Å². The van der Waals surface area contributed by atoms with Crippen LogP contribution in [0.4, 0.5) is 20.4 Å². The van der Waals surface area contributed by atoms with E-state index in [4.69, 9.17) is 0 Å². The van der Waals surface area contributed by atoms with E-state index in [0.29, 0.717) is 18.0 Å². The smallest absolute Gasteiger partial charge is 0.254 e. The first-order valence-corrected chi connectivity index (χ1v) is 7.28. The van der Waals surface area contributed by atoms with Crippen LogP contribution < -0.4 is 10.6 Å². The van der Waals surface area contributed by atoms with E-state index in [1.165, 1.54) is 18.5 Å². The number of carbonyl (C=O) groups is 1. The SMILES string of the molecule is CC(C)CCNC(=O)c1cnc(Nc2ccc(F)cc2F)nc1. The van der Waals surface area contributed by atoms with Gasteiger partial charge in [0.2, 0.25) is 5.95 Å². The predicted molar refractivity (Wildman–Crippen MR) is 83.5 cm³/mol. The van der Waals surface area contributed by atoms with Crippen LogP contribution in [0.5, 0.6) is 0 Å². The maximum Gasteiger partial charge on any atom is 0.254 e. The van der Waals surface area contributed by atoms with E-state index < -0.39 is 11.6 Å². The molecule has 0 aliphatic heterocycles. The summed E-state index contributed by atoms with van der Waals surface area (Å²) in [6.45, 7) is 4.73. The fourth-order valence-corrected chi connectivity index (χ4v) is 1.80. The fraction of sp³-hybridized carbons (Fsp3) is 0.312. The molecule has 0 spiro atoms. The molecular weight excluding hydrogens is 302 g/mol. The monoisotopic (exact) mass is 320 g/mol. The van der Waals surface area contributed by atoms with E-state index in [1.807, 2.05) is 0 Å². The van der Waals surface area contributed by atoms with Crippen molar-refractivity contribution in [3.8, 4) is 0 Å². The van der Waals surface area contributed by atoms with E-state index in [0.717, 1.165) is 18.6 Å². The van der Waals surface area contributed by atoms with Gasteiger partial charge in [-0.05, 0) is 24.5 Å². The van der Waals surface area contributed by atoms with E-state index >= 15 is 0 Å². The molecule has 2 aromatic rings. The molecule has 0 unspecified atom stereocenters. The number of aromatic nitrogens is 2. The molecule has 2 N–H and O–H groups in total. The van der Waals surface area contributed by atoms with E-state index in [-0.39, 0.29) is 17.5 Å². The minimum Gasteiger partial charge on any atom is -0.352 e. The second kappa shape index (κ2) is 7.62. The highest BCUT2D eigenvalue weighted by molar-refractivity contribution is 5.93. The largest absolute Gasteiger partial charge is 0.352 e. The first-order valence-electron chi connectivity index (χ1n) is 7.28. The Bertz CT molecular complexity index is 674. The highest BCUT2D eigenvalue weighted by Crippen LogP contribution is 2.18. The normalized spacial score (nSPS) is 10.7. The number of benzene rings is 1. The lowest BCUT2D eigenvalue weighted by atomic mass is 10.1. The summed E-state index contributed by atoms with van der Waals surface area (Å²) in [5.74, 6) is -1.05. The summed E-state index contributed by atoms with van der Waals surface area (Å²) >= 11 is 0. The maximum absolute atomic E-state index is 13.5. The molecule has 0 saturated carbocycles. The van der Waals surface area contributed by atoms with Crippen molar-refractivity contribution in [2.24, 2.45) is 5.92 Å². The van der Waals surface area contributed by atoms with Gasteiger partial charge in [-0.3, -0.25) is 4.79 Å². The van der Waals surface area contributed by atoms with Gasteiger partial charge < -0.3 is 10.6 Å². The van der Waals surface area contributed by atoms with Crippen molar-refractivity contribution in [3.63, 3.8) is 0 Å². The highest BCUT2D eigenvalue weighted by Gasteiger charge is 2.09. The molecule has 23 heavy (non-hydrogen) atoms. The Morgan fingerprint density at radius 3 is 2.52 bits per heavy atom. The van der Waals surface area contributed by atoms with Crippen LogP contribution in [-0.2, 0) is 0 Å². The predicted octanol–water partition coefficient (Wildman–Crippen LogP) is 3.27. The lowest BCUT2D eigenvalue weighted by Crippen LogP contribution is -2.25. The average Bonchev–Trinajstić information content (AvgIpc) is 2.50. The molecule has 1 aromatic heterocycles. The highest BCUT2D eigenvalue weighted by atomic mass is 19.1. The van der Waals surface area contributed by atoms with Crippen molar-refractivity contribution in [2.45, 2.75) is 20.3 Å². The van der Waals surface area contributed by atoms with Gasteiger partial charge in [0, 0.05) is 25.0 Å². The third kappa shape index (κ3) is 4.98. The summed E-state index contributed by atoms with van der Waals surface area (Å²) in [4.78, 5) is 19.8. The Morgan fingerprint density at radius 1 is 1.22 bits per heavy atom. The van der Waals surface area contributed by atoms with Gasteiger partial charge in [-0.1, -0.05) is 13.8 Å². The molecule has 0 aliphatic rings. The molecule has 0 radical (unpaired) electrons. The molecule has 7 heteroatoms. The number of hydrogen-bond acceptors (Lipinski definition) is 4. The molecule has 122 valence electrons. The Balaban J connectivity index is 1.97. The molecule has 5 nitrogen and oxygen atoms in total. The molecule has 0 fully saturated rings. The van der Waals surface area contributed by atoms with E-state index in [9.17, 15) is 13.6 Å². The molecule has 1 heterocycles. The Labute approximate surface area is 133 Å². The minimum absolute atomic E-state index is 0.0561. The Kier molecular flexibility index (Phi) is 5.56. The quantitative estimate of drug-likeness (QED) is 0.857. The van der Waals surface area contributed by atoms with Crippen molar-refractivity contribution >= 4 is 17.5 Å². The Hall–Kier alpha value is -2.57. The zero-order valence-corrected chi connectivity index (χ0v) is 12.9. The van der Waals surface area contributed by atoms with Gasteiger partial charge in [0.1, 0.15) is 11.6 Å². The van der Waals surface area contributed by atoms with Gasteiger partial charge in [0.15, 0.2) is 0 Å². The summed E-state index contributed by atoms with van der Waals surface area (Å²) < 4.78 is 26.4. The minimum atomic E-state index is -0.746. The van der Waals surface area contributed by atoms with Gasteiger partial charge in [0.25, 0.3) is 5.91 Å². The molecule has 1 aromatic carbocycles. The number of hydrogen-bond donors (Lipinski definition) is 2. The summed E-state index contributed by atoms with van der Waals surface area (Å²) in [5.41, 5.74) is 0.374. The standard InChI is InChI=1S/C16H18F2N4O/c1-10(2)5-6-19-15(23)11-8-20-16(21-9-11)22-14-4-3-12(17)7-13(14)18/h3-4,7-10H,5-6H2,1-2H3,(H,19,23)(H,20,21,22). The zero-order valence-electron chi connectivity index (χ0n) is 12.9. The van der Waals surface area contributed by atoms with Crippen LogP contribution in [0.1, 0.15) is 30.6 Å². The van der Waals surface area contributed by atoms with Gasteiger partial charge in [-0.2, -0.15) is 0 Å². The third-order valence-corrected chi connectivity index (χ3v) is 3.10. The molecule has 1 amide bonds. The number of amides is 1. The van der Waals surface area contributed by atoms with E-state index in [1.54, 1.807) is 0 Å². The van der Waals surface area contributed by atoms with Crippen LogP contribution in [0, 0.1) is 17.6 Å². The van der Waals surface area contributed by atoms with Gasteiger partial charge in [-0.15, -0.1) is 0 Å². The van der Waals surface area contributed by atoms with Crippen LogP contribution in [0.25, 0.3) is 0 Å². The number of halogens is 2. The average molecular weight is 320 g/mol. The van der Waals surface area contributed by atoms with Crippen LogP contribution >= 0.6 is 0 Å². The van der Waals surface area contributed by atoms with Crippen LogP contribution in [0.15, 0.2) is 30.6 Å². The zero-order chi connectivity index (χ0) is 16.8. The summed E-state index contributed by atoms with van der Waals surface area (Å²) in [5, 5.41) is 5.40. The first kappa shape index (κ1) is 16.8. The third-order valence-electron chi connectivity index (χ3n) is 3.10. The molecule has 2 rings (SSSR count). The Morgan fingerprint density at radius 2 is 1.91 bits per heavy atom. The molecule has 0 aliphatic carbocycles.